The molecule has 0 radical (unpaired) electrons. The Kier molecular flexibility index (Phi) is 5.14. The van der Waals surface area contributed by atoms with Gasteiger partial charge in [0.25, 0.3) is 5.91 Å². The number of carbonyl (C=O) groups excluding carboxylic acids is 1. The van der Waals surface area contributed by atoms with Gasteiger partial charge in [0.15, 0.2) is 6.54 Å². The number of nitrogens with two attached hydrogens (primary N) is 1. The molecule has 0 fully saturated rings. The van der Waals surface area contributed by atoms with E-state index in [2.05, 4.69) is 12.2 Å². The molecule has 4 heteroatoms. The van der Waals surface area contributed by atoms with E-state index in [9.17, 15) is 4.79 Å². The SMILES string of the molecule is C[C@H]([NH2+]CC(=O)Nc1cccc2ccccc12)c1cccc(Cl)c1. The van der Waals surface area contributed by atoms with Gasteiger partial charge in [0.05, 0.1) is 0 Å². The van der Waals surface area contributed by atoms with Crippen molar-refractivity contribution in [3.63, 3.8) is 0 Å². The van der Waals surface area contributed by atoms with Crippen molar-refractivity contribution in [1.82, 2.24) is 0 Å². The van der Waals surface area contributed by atoms with Gasteiger partial charge in [-0.15, -0.1) is 0 Å². The third kappa shape index (κ3) is 3.94. The van der Waals surface area contributed by atoms with Crippen LogP contribution in [0.1, 0.15) is 18.5 Å². The number of benzene rings is 3. The summed E-state index contributed by atoms with van der Waals surface area (Å²) in [5.41, 5.74) is 1.96. The van der Waals surface area contributed by atoms with Crippen molar-refractivity contribution in [3.8, 4) is 0 Å². The third-order valence-electron chi connectivity index (χ3n) is 4.09. The van der Waals surface area contributed by atoms with Gasteiger partial charge in [-0.2, -0.15) is 0 Å². The lowest BCUT2D eigenvalue weighted by Gasteiger charge is -2.12. The second-order valence-corrected chi connectivity index (χ2v) is 6.29. The fraction of sp³-hybridized carbons (Fsp3) is 0.150. The molecule has 0 aliphatic carbocycles. The first kappa shape index (κ1) is 16.5. The summed E-state index contributed by atoms with van der Waals surface area (Å²) in [5.74, 6) is -0.0137. The number of hydrogen-bond acceptors (Lipinski definition) is 1. The molecule has 0 heterocycles. The summed E-state index contributed by atoms with van der Waals surface area (Å²) in [6.45, 7) is 2.42. The average Bonchev–Trinajstić information content (AvgIpc) is 2.60. The second kappa shape index (κ2) is 7.47. The van der Waals surface area contributed by atoms with E-state index in [-0.39, 0.29) is 11.9 Å². The van der Waals surface area contributed by atoms with Gasteiger partial charge >= 0.3 is 0 Å². The minimum atomic E-state index is -0.0137. The summed E-state index contributed by atoms with van der Waals surface area (Å²) in [7, 11) is 0. The molecule has 3 nitrogen and oxygen atoms in total. The summed E-state index contributed by atoms with van der Waals surface area (Å²) in [6.07, 6.45) is 0. The zero-order valence-corrected chi connectivity index (χ0v) is 14.3. The average molecular weight is 340 g/mol. The van der Waals surface area contributed by atoms with Gasteiger partial charge in [0.2, 0.25) is 0 Å². The zero-order valence-electron chi connectivity index (χ0n) is 13.5. The van der Waals surface area contributed by atoms with Crippen molar-refractivity contribution in [2.45, 2.75) is 13.0 Å². The van der Waals surface area contributed by atoms with Gasteiger partial charge in [-0.3, -0.25) is 4.79 Å². The van der Waals surface area contributed by atoms with Crippen LogP contribution in [-0.2, 0) is 4.79 Å². The van der Waals surface area contributed by atoms with Crippen LogP contribution in [0.5, 0.6) is 0 Å². The maximum absolute atomic E-state index is 12.3. The zero-order chi connectivity index (χ0) is 16.9. The van der Waals surface area contributed by atoms with E-state index in [0.717, 1.165) is 22.0 Å². The molecule has 122 valence electrons. The highest BCUT2D eigenvalue weighted by molar-refractivity contribution is 6.30. The van der Waals surface area contributed by atoms with Crippen LogP contribution in [0.15, 0.2) is 66.7 Å². The normalized spacial score (nSPS) is 12.1. The maximum atomic E-state index is 12.3. The lowest BCUT2D eigenvalue weighted by Crippen LogP contribution is -2.86. The Morgan fingerprint density at radius 2 is 1.83 bits per heavy atom. The van der Waals surface area contributed by atoms with Crippen LogP contribution >= 0.6 is 11.6 Å². The number of fused-ring (bicyclic) bond motifs is 1. The summed E-state index contributed by atoms with van der Waals surface area (Å²) in [6, 6.07) is 21.9. The predicted molar refractivity (Wildman–Crippen MR) is 99.2 cm³/mol. The van der Waals surface area contributed by atoms with Gasteiger partial charge in [-0.25, -0.2) is 0 Å². The van der Waals surface area contributed by atoms with Gasteiger partial charge in [0, 0.05) is 21.7 Å². The summed E-state index contributed by atoms with van der Waals surface area (Å²) in [4.78, 5) is 12.3. The van der Waals surface area contributed by atoms with Crippen molar-refractivity contribution in [1.29, 1.82) is 0 Å². The Bertz CT molecular complexity index is 858. The van der Waals surface area contributed by atoms with Crippen LogP contribution in [0.25, 0.3) is 10.8 Å². The fourth-order valence-electron chi connectivity index (χ4n) is 2.75. The van der Waals surface area contributed by atoms with E-state index in [1.54, 1.807) is 0 Å². The molecule has 24 heavy (non-hydrogen) atoms. The molecule has 0 saturated carbocycles. The molecular weight excluding hydrogens is 320 g/mol. The van der Waals surface area contributed by atoms with E-state index in [1.165, 1.54) is 0 Å². The minimum absolute atomic E-state index is 0.0137. The Hall–Kier alpha value is -2.36. The Labute approximate surface area is 146 Å². The minimum Gasteiger partial charge on any atom is -0.333 e. The highest BCUT2D eigenvalue weighted by Crippen LogP contribution is 2.22. The second-order valence-electron chi connectivity index (χ2n) is 5.86. The Morgan fingerprint density at radius 3 is 2.67 bits per heavy atom. The molecule has 0 spiro atoms. The van der Waals surface area contributed by atoms with Crippen LogP contribution in [0.2, 0.25) is 5.02 Å². The quantitative estimate of drug-likeness (QED) is 0.730. The van der Waals surface area contributed by atoms with Gasteiger partial charge in [0.1, 0.15) is 6.04 Å². The Morgan fingerprint density at radius 1 is 1.08 bits per heavy atom. The molecule has 3 N–H and O–H groups in total. The van der Waals surface area contributed by atoms with Gasteiger partial charge in [-0.1, -0.05) is 60.1 Å². The first-order valence-corrected chi connectivity index (χ1v) is 8.37. The van der Waals surface area contributed by atoms with Crippen LogP contribution < -0.4 is 10.6 Å². The molecule has 3 rings (SSSR count). The molecule has 0 bridgehead atoms. The first-order valence-electron chi connectivity index (χ1n) is 8.00. The molecule has 0 aliphatic rings. The largest absolute Gasteiger partial charge is 0.333 e. The molecule has 3 aromatic carbocycles. The molecule has 1 atom stereocenters. The number of halogens is 1. The van der Waals surface area contributed by atoms with Crippen molar-refractivity contribution in [3.05, 3.63) is 77.3 Å². The van der Waals surface area contributed by atoms with Gasteiger partial charge in [-0.05, 0) is 30.5 Å². The third-order valence-corrected chi connectivity index (χ3v) is 4.33. The monoisotopic (exact) mass is 339 g/mol. The molecule has 3 aromatic rings. The number of hydrogen-bond donors (Lipinski definition) is 2. The summed E-state index contributed by atoms with van der Waals surface area (Å²) < 4.78 is 0. The van der Waals surface area contributed by atoms with Crippen LogP contribution in [-0.4, -0.2) is 12.5 Å². The van der Waals surface area contributed by atoms with Crippen molar-refractivity contribution in [2.75, 3.05) is 11.9 Å². The number of rotatable bonds is 5. The van der Waals surface area contributed by atoms with Crippen LogP contribution in [0.4, 0.5) is 5.69 Å². The summed E-state index contributed by atoms with van der Waals surface area (Å²) >= 11 is 6.02. The van der Waals surface area contributed by atoms with E-state index in [0.29, 0.717) is 11.6 Å². The van der Waals surface area contributed by atoms with E-state index in [4.69, 9.17) is 11.6 Å². The standard InChI is InChI=1S/C20H19ClN2O/c1-14(16-8-4-9-17(21)12-16)22-13-20(24)23-19-11-5-7-15-6-2-3-10-18(15)19/h2-12,14,22H,13H2,1H3,(H,23,24)/p+1/t14-/m0/s1. The van der Waals surface area contributed by atoms with E-state index >= 15 is 0 Å². The number of carbonyl (C=O) groups is 1. The van der Waals surface area contributed by atoms with Crippen molar-refractivity contribution < 1.29 is 10.1 Å². The molecule has 1 amide bonds. The van der Waals surface area contributed by atoms with Gasteiger partial charge < -0.3 is 10.6 Å². The lowest BCUT2D eigenvalue weighted by molar-refractivity contribution is -0.682. The smallest absolute Gasteiger partial charge is 0.279 e. The molecule has 0 unspecified atom stereocenters. The van der Waals surface area contributed by atoms with Crippen LogP contribution in [0, 0.1) is 0 Å². The number of nitrogens with one attached hydrogen (secondary N) is 1. The summed E-state index contributed by atoms with van der Waals surface area (Å²) in [5, 5.41) is 7.90. The molecule has 0 aromatic heterocycles. The highest BCUT2D eigenvalue weighted by Gasteiger charge is 2.12. The van der Waals surface area contributed by atoms with E-state index in [1.807, 2.05) is 72.0 Å². The van der Waals surface area contributed by atoms with Crippen LogP contribution in [0.3, 0.4) is 0 Å². The molecule has 0 aliphatic heterocycles. The number of amides is 1. The number of anilines is 1. The molecular formula is C20H20ClN2O+. The predicted octanol–water partition coefficient (Wildman–Crippen LogP) is 3.76. The molecule has 0 saturated heterocycles. The lowest BCUT2D eigenvalue weighted by atomic mass is 10.1. The maximum Gasteiger partial charge on any atom is 0.279 e. The fourth-order valence-corrected chi connectivity index (χ4v) is 2.94. The first-order chi connectivity index (χ1) is 11.6. The number of quaternary nitrogens is 1. The highest BCUT2D eigenvalue weighted by atomic mass is 35.5. The Balaban J connectivity index is 1.63. The van der Waals surface area contributed by atoms with Crippen molar-refractivity contribution >= 4 is 34.0 Å². The van der Waals surface area contributed by atoms with Crippen molar-refractivity contribution in [2.24, 2.45) is 0 Å². The topological polar surface area (TPSA) is 45.7 Å². The van der Waals surface area contributed by atoms with E-state index < -0.39 is 0 Å².